The summed E-state index contributed by atoms with van der Waals surface area (Å²) in [4.78, 5) is 15.2. The van der Waals surface area contributed by atoms with E-state index in [1.807, 2.05) is 38.1 Å². The molecule has 0 unspecified atom stereocenters. The highest BCUT2D eigenvalue weighted by Gasteiger charge is 2.34. The van der Waals surface area contributed by atoms with Crippen molar-refractivity contribution in [3.8, 4) is 23.0 Å². The summed E-state index contributed by atoms with van der Waals surface area (Å²) in [6, 6.07) is 11.0. The first-order valence-electron chi connectivity index (χ1n) is 10.1. The van der Waals surface area contributed by atoms with Crippen LogP contribution in [0.5, 0.6) is 23.0 Å². The maximum atomic E-state index is 13.1. The van der Waals surface area contributed by atoms with E-state index in [9.17, 15) is 4.79 Å². The van der Waals surface area contributed by atoms with E-state index >= 15 is 0 Å². The van der Waals surface area contributed by atoms with Gasteiger partial charge in [0.25, 0.3) is 5.91 Å². The first kappa shape index (κ1) is 21.5. The van der Waals surface area contributed by atoms with Crippen molar-refractivity contribution in [2.24, 2.45) is 0 Å². The van der Waals surface area contributed by atoms with E-state index in [1.165, 1.54) is 16.7 Å². The van der Waals surface area contributed by atoms with Gasteiger partial charge >= 0.3 is 0 Å². The van der Waals surface area contributed by atoms with Crippen LogP contribution in [0.4, 0.5) is 5.69 Å². The Labute approximate surface area is 191 Å². The maximum Gasteiger partial charge on any atom is 0.270 e. The van der Waals surface area contributed by atoms with Gasteiger partial charge in [0.2, 0.25) is 6.79 Å². The van der Waals surface area contributed by atoms with Crippen LogP contribution in [0.3, 0.4) is 0 Å². The van der Waals surface area contributed by atoms with Gasteiger partial charge in [0.15, 0.2) is 27.3 Å². The second kappa shape index (κ2) is 9.20. The Kier molecular flexibility index (Phi) is 6.38. The smallest absolute Gasteiger partial charge is 0.270 e. The summed E-state index contributed by atoms with van der Waals surface area (Å²) in [6.45, 7) is 6.71. The number of carbonyl (C=O) groups is 1. The molecule has 31 heavy (non-hydrogen) atoms. The number of anilines is 1. The summed E-state index contributed by atoms with van der Waals surface area (Å²) < 4.78 is 23.0. The van der Waals surface area contributed by atoms with Crippen molar-refractivity contribution in [2.45, 2.75) is 33.3 Å². The molecule has 6 nitrogen and oxygen atoms in total. The van der Waals surface area contributed by atoms with Gasteiger partial charge < -0.3 is 18.9 Å². The van der Waals surface area contributed by atoms with Crippen LogP contribution in [0.2, 0.25) is 0 Å². The predicted molar refractivity (Wildman–Crippen MR) is 126 cm³/mol. The lowest BCUT2D eigenvalue weighted by molar-refractivity contribution is -0.113. The number of benzene rings is 2. The number of hydrogen-bond donors (Lipinski definition) is 0. The lowest BCUT2D eigenvalue weighted by Crippen LogP contribution is -2.27. The summed E-state index contributed by atoms with van der Waals surface area (Å²) in [6.07, 6.45) is 2.81. The van der Waals surface area contributed by atoms with Gasteiger partial charge in [-0.2, -0.15) is 0 Å². The SMILES string of the molecule is CCOc1cc(/C=C2/SC(=S)N(c3ccc4c(c3)OCO4)C2=O)ccc1O[C@H](C)CC. The number of carbonyl (C=O) groups excluding carboxylic acids is 1. The number of hydrogen-bond acceptors (Lipinski definition) is 7. The average molecular weight is 458 g/mol. The van der Waals surface area contributed by atoms with Crippen molar-refractivity contribution in [1.29, 1.82) is 0 Å². The molecule has 2 heterocycles. The third-order valence-electron chi connectivity index (χ3n) is 4.88. The van der Waals surface area contributed by atoms with Gasteiger partial charge in [-0.25, -0.2) is 0 Å². The molecule has 4 rings (SSSR count). The van der Waals surface area contributed by atoms with Gasteiger partial charge in [-0.05, 0) is 56.2 Å². The minimum absolute atomic E-state index is 0.0861. The first-order valence-corrected chi connectivity index (χ1v) is 11.3. The monoisotopic (exact) mass is 457 g/mol. The lowest BCUT2D eigenvalue weighted by atomic mass is 10.1. The maximum absolute atomic E-state index is 13.1. The molecule has 0 spiro atoms. The number of nitrogens with zero attached hydrogens (tertiary/aromatic N) is 1. The standard InChI is InChI=1S/C23H23NO5S2/c1-4-14(3)29-18-8-6-15(10-19(18)26-5-2)11-21-22(25)24(23(30)31-21)16-7-9-17-20(12-16)28-13-27-17/h6-12,14H,4-5,13H2,1-3H3/b21-11+/t14-/m1/s1. The van der Waals surface area contributed by atoms with Crippen molar-refractivity contribution in [3.63, 3.8) is 0 Å². The van der Waals surface area contributed by atoms with Gasteiger partial charge in [0.05, 0.1) is 23.3 Å². The summed E-state index contributed by atoms with van der Waals surface area (Å²) in [5, 5.41) is 0. The molecular weight excluding hydrogens is 434 g/mol. The number of thioether (sulfide) groups is 1. The normalized spacial score (nSPS) is 17.4. The Morgan fingerprint density at radius 1 is 1.16 bits per heavy atom. The number of ether oxygens (including phenoxy) is 4. The van der Waals surface area contributed by atoms with Crippen LogP contribution in [0, 0.1) is 0 Å². The van der Waals surface area contributed by atoms with Crippen LogP contribution >= 0.6 is 24.0 Å². The molecule has 1 atom stereocenters. The fourth-order valence-electron chi connectivity index (χ4n) is 3.15. The summed E-state index contributed by atoms with van der Waals surface area (Å²) in [5.41, 5.74) is 1.49. The summed E-state index contributed by atoms with van der Waals surface area (Å²) >= 11 is 6.75. The molecule has 2 aliphatic rings. The van der Waals surface area contributed by atoms with Crippen LogP contribution in [0.15, 0.2) is 41.3 Å². The van der Waals surface area contributed by atoms with E-state index in [-0.39, 0.29) is 18.8 Å². The number of rotatable bonds is 7. The second-order valence-corrected chi connectivity index (χ2v) is 8.71. The summed E-state index contributed by atoms with van der Waals surface area (Å²) in [7, 11) is 0. The molecule has 0 aliphatic carbocycles. The highest BCUT2D eigenvalue weighted by molar-refractivity contribution is 8.27. The molecule has 0 radical (unpaired) electrons. The molecule has 8 heteroatoms. The van der Waals surface area contributed by atoms with Gasteiger partial charge in [0, 0.05) is 6.07 Å². The predicted octanol–water partition coefficient (Wildman–Crippen LogP) is 5.40. The molecule has 0 aromatic heterocycles. The Hall–Kier alpha value is -2.71. The lowest BCUT2D eigenvalue weighted by Gasteiger charge is -2.16. The van der Waals surface area contributed by atoms with Crippen molar-refractivity contribution >= 4 is 46.0 Å². The molecule has 2 aromatic rings. The zero-order chi connectivity index (χ0) is 22.0. The Bertz CT molecular complexity index is 1050. The van der Waals surface area contributed by atoms with Crippen LogP contribution in [-0.2, 0) is 4.79 Å². The van der Waals surface area contributed by atoms with Crippen LogP contribution in [-0.4, -0.2) is 29.7 Å². The zero-order valence-corrected chi connectivity index (χ0v) is 19.2. The van der Waals surface area contributed by atoms with E-state index in [0.29, 0.717) is 44.5 Å². The van der Waals surface area contributed by atoms with E-state index in [2.05, 4.69) is 6.92 Å². The highest BCUT2D eigenvalue weighted by Crippen LogP contribution is 2.41. The molecule has 2 aromatic carbocycles. The van der Waals surface area contributed by atoms with Gasteiger partial charge in [-0.3, -0.25) is 9.69 Å². The molecule has 1 fully saturated rings. The highest BCUT2D eigenvalue weighted by atomic mass is 32.2. The van der Waals surface area contributed by atoms with Crippen molar-refractivity contribution in [1.82, 2.24) is 0 Å². The van der Waals surface area contributed by atoms with Crippen LogP contribution in [0.25, 0.3) is 6.08 Å². The number of fused-ring (bicyclic) bond motifs is 1. The number of thiocarbonyl (C=S) groups is 1. The van der Waals surface area contributed by atoms with Crippen LogP contribution in [0.1, 0.15) is 32.8 Å². The fraction of sp³-hybridized carbons (Fsp3) is 0.304. The molecule has 1 saturated heterocycles. The third kappa shape index (κ3) is 4.50. The van der Waals surface area contributed by atoms with Crippen molar-refractivity contribution in [3.05, 3.63) is 46.9 Å². The fourth-order valence-corrected chi connectivity index (χ4v) is 4.45. The Balaban J connectivity index is 1.59. The van der Waals surface area contributed by atoms with Gasteiger partial charge in [-0.15, -0.1) is 0 Å². The molecular formula is C23H23NO5S2. The van der Waals surface area contributed by atoms with Crippen LogP contribution < -0.4 is 23.8 Å². The molecule has 2 aliphatic heterocycles. The van der Waals surface area contributed by atoms with Gasteiger partial charge in [0.1, 0.15) is 0 Å². The summed E-state index contributed by atoms with van der Waals surface area (Å²) in [5.74, 6) is 2.44. The molecule has 1 amide bonds. The quantitative estimate of drug-likeness (QED) is 0.408. The van der Waals surface area contributed by atoms with E-state index in [0.717, 1.165) is 12.0 Å². The molecule has 0 N–H and O–H groups in total. The van der Waals surface area contributed by atoms with E-state index in [4.69, 9.17) is 31.2 Å². The minimum Gasteiger partial charge on any atom is -0.490 e. The Morgan fingerprint density at radius 2 is 1.97 bits per heavy atom. The van der Waals surface area contributed by atoms with Crippen molar-refractivity contribution in [2.75, 3.05) is 18.3 Å². The number of amides is 1. The van der Waals surface area contributed by atoms with Gasteiger partial charge in [-0.1, -0.05) is 37.0 Å². The van der Waals surface area contributed by atoms with Crippen molar-refractivity contribution < 1.29 is 23.7 Å². The minimum atomic E-state index is -0.174. The largest absolute Gasteiger partial charge is 0.490 e. The molecule has 162 valence electrons. The van der Waals surface area contributed by atoms with E-state index in [1.54, 1.807) is 18.2 Å². The topological polar surface area (TPSA) is 57.2 Å². The average Bonchev–Trinajstić information content (AvgIpc) is 3.33. The van der Waals surface area contributed by atoms with E-state index < -0.39 is 0 Å². The first-order chi connectivity index (χ1) is 15.0. The third-order valence-corrected chi connectivity index (χ3v) is 6.18. The second-order valence-electron chi connectivity index (χ2n) is 7.03. The molecule has 0 bridgehead atoms. The Morgan fingerprint density at radius 3 is 2.74 bits per heavy atom. The molecule has 0 saturated carbocycles. The zero-order valence-electron chi connectivity index (χ0n) is 17.5.